The molecule has 0 saturated heterocycles. The largest absolute Gasteiger partial charge is 0.756 e. The highest BCUT2D eigenvalue weighted by Gasteiger charge is 2.23. The van der Waals surface area contributed by atoms with Crippen molar-refractivity contribution in [3.8, 4) is 0 Å². The molecule has 0 spiro atoms. The maximum absolute atomic E-state index is 12.9. The third kappa shape index (κ3) is 57.6. The molecule has 0 aliphatic rings. The van der Waals surface area contributed by atoms with E-state index in [1.807, 2.05) is 27.2 Å². The van der Waals surface area contributed by atoms with E-state index < -0.39 is 26.6 Å². The highest BCUT2D eigenvalue weighted by atomic mass is 31.2. The Balaban J connectivity index is 3.83. The number of phosphoric ester groups is 1. The summed E-state index contributed by atoms with van der Waals surface area (Å²) in [5, 5.41) is 13.8. The molecule has 3 unspecified atom stereocenters. The lowest BCUT2D eigenvalue weighted by Gasteiger charge is -2.29. The minimum Gasteiger partial charge on any atom is -0.756 e. The number of nitrogens with zero attached hydrogens (tertiary/aromatic N) is 1. The number of hydrogen-bond acceptors (Lipinski definition) is 6. The molecule has 0 aromatic heterocycles. The molecular formula is C65H121N2O6P. The van der Waals surface area contributed by atoms with Gasteiger partial charge in [0, 0.05) is 6.42 Å². The van der Waals surface area contributed by atoms with Gasteiger partial charge in [0.1, 0.15) is 13.2 Å². The van der Waals surface area contributed by atoms with E-state index in [0.29, 0.717) is 17.4 Å². The van der Waals surface area contributed by atoms with Gasteiger partial charge in [-0.15, -0.1) is 0 Å². The smallest absolute Gasteiger partial charge is 0.268 e. The predicted octanol–water partition coefficient (Wildman–Crippen LogP) is 18.8. The predicted molar refractivity (Wildman–Crippen MR) is 320 cm³/mol. The number of aliphatic hydroxyl groups is 1. The molecule has 432 valence electrons. The standard InChI is InChI=1S/C65H121N2O6P/c1-6-8-10-12-14-16-18-19-20-21-22-23-24-25-26-27-28-29-30-31-32-33-34-35-36-37-38-39-40-41-42-43-44-45-46-47-49-51-53-55-57-59-65(69)66-63(62-73-74(70,71)72-61-60-67(3,4)5)64(68)58-56-54-52-50-48-17-15-13-11-9-7-2/h11,13,18-19,21-22,24-25,48,50,56,58,63-64,68H,6-10,12,14-17,20,23,26-47,49,51-55,57,59-62H2,1-5H3,(H-,66,69,70,71)/b13-11+,19-18-,22-21-,25-24-,50-48+,58-56+. The van der Waals surface area contributed by atoms with Gasteiger partial charge in [0.15, 0.2) is 0 Å². The second-order valence-electron chi connectivity index (χ2n) is 22.4. The average molecular weight is 1060 g/mol. The molecule has 9 heteroatoms. The molecule has 0 bridgehead atoms. The van der Waals surface area contributed by atoms with Crippen LogP contribution in [0.25, 0.3) is 0 Å². The van der Waals surface area contributed by atoms with E-state index in [9.17, 15) is 19.4 Å². The molecular weight excluding hydrogens is 936 g/mol. The van der Waals surface area contributed by atoms with E-state index in [4.69, 9.17) is 9.05 Å². The Morgan fingerprint density at radius 2 is 0.824 bits per heavy atom. The van der Waals surface area contributed by atoms with Gasteiger partial charge in [0.25, 0.3) is 7.82 Å². The van der Waals surface area contributed by atoms with Crippen molar-refractivity contribution in [2.75, 3.05) is 40.9 Å². The molecule has 74 heavy (non-hydrogen) atoms. The van der Waals surface area contributed by atoms with Crippen molar-refractivity contribution in [2.24, 2.45) is 0 Å². The molecule has 3 atom stereocenters. The molecule has 8 nitrogen and oxygen atoms in total. The Morgan fingerprint density at radius 1 is 0.473 bits per heavy atom. The van der Waals surface area contributed by atoms with Gasteiger partial charge in [0.2, 0.25) is 5.91 Å². The van der Waals surface area contributed by atoms with Gasteiger partial charge in [0.05, 0.1) is 39.9 Å². The molecule has 0 saturated carbocycles. The third-order valence-corrected chi connectivity index (χ3v) is 14.8. The van der Waals surface area contributed by atoms with Gasteiger partial charge in [-0.25, -0.2) is 0 Å². The van der Waals surface area contributed by atoms with Crippen LogP contribution in [0, 0.1) is 0 Å². The van der Waals surface area contributed by atoms with Crippen LogP contribution in [0.1, 0.15) is 284 Å². The van der Waals surface area contributed by atoms with Gasteiger partial charge < -0.3 is 28.8 Å². The molecule has 0 fully saturated rings. The number of amides is 1. The van der Waals surface area contributed by atoms with Gasteiger partial charge in [-0.05, 0) is 77.0 Å². The van der Waals surface area contributed by atoms with Crippen molar-refractivity contribution in [2.45, 2.75) is 296 Å². The summed E-state index contributed by atoms with van der Waals surface area (Å²) in [5.74, 6) is -0.211. The molecule has 1 amide bonds. The van der Waals surface area contributed by atoms with E-state index in [2.05, 4.69) is 79.9 Å². The average Bonchev–Trinajstić information content (AvgIpc) is 3.36. The first-order valence-electron chi connectivity index (χ1n) is 31.3. The zero-order valence-electron chi connectivity index (χ0n) is 49.3. The van der Waals surface area contributed by atoms with Crippen LogP contribution in [-0.2, 0) is 18.4 Å². The number of phosphoric acid groups is 1. The summed E-state index contributed by atoms with van der Waals surface area (Å²) in [4.78, 5) is 25.4. The fourth-order valence-electron chi connectivity index (χ4n) is 8.97. The first kappa shape index (κ1) is 71.9. The zero-order chi connectivity index (χ0) is 54.2. The number of allylic oxidation sites excluding steroid dienone is 11. The summed E-state index contributed by atoms with van der Waals surface area (Å²) in [6.07, 6.45) is 77.6. The van der Waals surface area contributed by atoms with Crippen molar-refractivity contribution < 1.29 is 32.9 Å². The first-order chi connectivity index (χ1) is 36.0. The highest BCUT2D eigenvalue weighted by Crippen LogP contribution is 2.38. The van der Waals surface area contributed by atoms with E-state index in [0.717, 1.165) is 64.2 Å². The SMILES string of the molecule is CCC/C=C/CC/C=C/CC/C=C/C(O)C(COP(=O)([O-])OCC[N+](C)(C)C)NC(=O)CCCCCCCCCCCCCCCCCCCCCCCCCCCC/C=C\C/C=C\C/C=C\CCCCCCC. The molecule has 0 radical (unpaired) electrons. The number of quaternary nitrogens is 1. The molecule has 0 heterocycles. The Kier molecular flexibility index (Phi) is 54.1. The Morgan fingerprint density at radius 3 is 1.23 bits per heavy atom. The summed E-state index contributed by atoms with van der Waals surface area (Å²) < 4.78 is 23.2. The summed E-state index contributed by atoms with van der Waals surface area (Å²) in [6, 6.07) is -0.909. The van der Waals surface area contributed by atoms with Gasteiger partial charge in [-0.3, -0.25) is 9.36 Å². The van der Waals surface area contributed by atoms with Crippen LogP contribution in [0.2, 0.25) is 0 Å². The fraction of sp³-hybridized carbons (Fsp3) is 0.800. The molecule has 0 aromatic carbocycles. The van der Waals surface area contributed by atoms with Crippen LogP contribution in [0.5, 0.6) is 0 Å². The lowest BCUT2D eigenvalue weighted by molar-refractivity contribution is -0.870. The fourth-order valence-corrected chi connectivity index (χ4v) is 9.69. The zero-order valence-corrected chi connectivity index (χ0v) is 50.2. The second kappa shape index (κ2) is 55.7. The van der Waals surface area contributed by atoms with Crippen LogP contribution < -0.4 is 10.2 Å². The minimum absolute atomic E-state index is 0.00968. The van der Waals surface area contributed by atoms with Crippen molar-refractivity contribution in [3.63, 3.8) is 0 Å². The second-order valence-corrected chi connectivity index (χ2v) is 23.8. The quantitative estimate of drug-likeness (QED) is 0.0272. The lowest BCUT2D eigenvalue weighted by Crippen LogP contribution is -2.45. The summed E-state index contributed by atoms with van der Waals surface area (Å²) >= 11 is 0. The number of unbranched alkanes of at least 4 members (excludes halogenated alkanes) is 34. The number of hydrogen-bond donors (Lipinski definition) is 2. The molecule has 2 N–H and O–H groups in total. The maximum Gasteiger partial charge on any atom is 0.268 e. The van der Waals surface area contributed by atoms with Crippen molar-refractivity contribution in [1.82, 2.24) is 5.32 Å². The lowest BCUT2D eigenvalue weighted by atomic mass is 10.0. The van der Waals surface area contributed by atoms with Crippen LogP contribution in [0.15, 0.2) is 72.9 Å². The van der Waals surface area contributed by atoms with Crippen molar-refractivity contribution in [1.29, 1.82) is 0 Å². The first-order valence-corrected chi connectivity index (χ1v) is 32.8. The Bertz CT molecular complexity index is 1430. The minimum atomic E-state index is -4.60. The number of rotatable bonds is 57. The summed E-state index contributed by atoms with van der Waals surface area (Å²) in [5.41, 5.74) is 0. The highest BCUT2D eigenvalue weighted by molar-refractivity contribution is 7.45. The van der Waals surface area contributed by atoms with E-state index in [-0.39, 0.29) is 12.5 Å². The van der Waals surface area contributed by atoms with Crippen LogP contribution in [0.3, 0.4) is 0 Å². The molecule has 0 rings (SSSR count). The van der Waals surface area contributed by atoms with E-state index >= 15 is 0 Å². The molecule has 0 aromatic rings. The van der Waals surface area contributed by atoms with Crippen molar-refractivity contribution in [3.05, 3.63) is 72.9 Å². The van der Waals surface area contributed by atoms with Crippen molar-refractivity contribution >= 4 is 13.7 Å². The number of aliphatic hydroxyl groups excluding tert-OH is 1. The Labute approximate surface area is 459 Å². The van der Waals surface area contributed by atoms with Gasteiger partial charge >= 0.3 is 0 Å². The normalized spacial score (nSPS) is 14.3. The van der Waals surface area contributed by atoms with E-state index in [1.54, 1.807) is 6.08 Å². The van der Waals surface area contributed by atoms with Crippen LogP contribution >= 0.6 is 7.82 Å². The summed E-state index contributed by atoms with van der Waals surface area (Å²) in [7, 11) is 1.24. The van der Waals surface area contributed by atoms with Crippen LogP contribution in [-0.4, -0.2) is 68.5 Å². The topological polar surface area (TPSA) is 108 Å². The number of carbonyl (C=O) groups is 1. The maximum atomic E-state index is 12.9. The molecule has 0 aliphatic heterocycles. The third-order valence-electron chi connectivity index (χ3n) is 13.8. The van der Waals surface area contributed by atoms with E-state index in [1.165, 1.54) is 199 Å². The number of nitrogens with one attached hydrogen (secondary N) is 1. The monoisotopic (exact) mass is 1060 g/mol. The molecule has 0 aliphatic carbocycles. The number of likely N-dealkylation sites (N-methyl/N-ethyl adjacent to an activating group) is 1. The van der Waals surface area contributed by atoms with Gasteiger partial charge in [-0.1, -0.05) is 273 Å². The van der Waals surface area contributed by atoms with Crippen LogP contribution in [0.4, 0.5) is 0 Å². The Hall–Kier alpha value is -2.06. The summed E-state index contributed by atoms with van der Waals surface area (Å²) in [6.45, 7) is 4.54. The number of carbonyl (C=O) groups excluding carboxylic acids is 1. The van der Waals surface area contributed by atoms with Gasteiger partial charge in [-0.2, -0.15) is 0 Å².